The molecule has 0 bridgehead atoms. The molecule has 0 N–H and O–H groups in total. The molecule has 0 spiro atoms. The lowest BCUT2D eigenvalue weighted by atomic mass is 10.3. The molecule has 0 aromatic heterocycles. The molecule has 0 unspecified atom stereocenters. The number of hydrogen-bond donors (Lipinski definition) is 0. The molecule has 1 rings (SSSR count). The molecular formula is C11H12BrF3O4S. The van der Waals surface area contributed by atoms with Gasteiger partial charge < -0.3 is 9.47 Å². The van der Waals surface area contributed by atoms with Gasteiger partial charge in [-0.25, -0.2) is 8.42 Å². The molecule has 114 valence electrons. The summed E-state index contributed by atoms with van der Waals surface area (Å²) in [5, 5.41) is 0. The van der Waals surface area contributed by atoms with Gasteiger partial charge in [0.15, 0.2) is 9.84 Å². The van der Waals surface area contributed by atoms with Gasteiger partial charge in [0.25, 0.3) is 0 Å². The summed E-state index contributed by atoms with van der Waals surface area (Å²) in [4.78, 5) is 0. The topological polar surface area (TPSA) is 52.6 Å². The minimum Gasteiger partial charge on any atom is -0.492 e. The standard InChI is InChI=1S/C11H12BrF3O4S/c1-2-20(16,17)6-5-18-8-3-4-10(9(12)7-8)19-11(13,14)15/h3-4,7H,2,5-6H2,1H3. The van der Waals surface area contributed by atoms with Gasteiger partial charge in [-0.05, 0) is 34.1 Å². The van der Waals surface area contributed by atoms with Gasteiger partial charge in [-0.15, -0.1) is 13.2 Å². The van der Waals surface area contributed by atoms with E-state index in [1.54, 1.807) is 0 Å². The molecule has 0 radical (unpaired) electrons. The fourth-order valence-corrected chi connectivity index (χ4v) is 2.27. The Morgan fingerprint density at radius 1 is 1.30 bits per heavy atom. The number of rotatable bonds is 6. The summed E-state index contributed by atoms with van der Waals surface area (Å²) in [7, 11) is -3.14. The van der Waals surface area contributed by atoms with E-state index < -0.39 is 21.9 Å². The largest absolute Gasteiger partial charge is 0.573 e. The molecular weight excluding hydrogens is 365 g/mol. The molecule has 0 saturated carbocycles. The number of hydrogen-bond acceptors (Lipinski definition) is 4. The Balaban J connectivity index is 2.64. The third-order valence-electron chi connectivity index (χ3n) is 2.23. The summed E-state index contributed by atoms with van der Waals surface area (Å²) >= 11 is 2.92. The van der Waals surface area contributed by atoms with Gasteiger partial charge in [-0.2, -0.15) is 0 Å². The maximum Gasteiger partial charge on any atom is 0.573 e. The molecule has 0 aliphatic heterocycles. The number of alkyl halides is 3. The van der Waals surface area contributed by atoms with Crippen LogP contribution in [0.15, 0.2) is 22.7 Å². The second kappa shape index (κ2) is 6.66. The van der Waals surface area contributed by atoms with Gasteiger partial charge >= 0.3 is 6.36 Å². The van der Waals surface area contributed by atoms with E-state index in [4.69, 9.17) is 4.74 Å². The second-order valence-electron chi connectivity index (χ2n) is 3.72. The van der Waals surface area contributed by atoms with Gasteiger partial charge in [0.1, 0.15) is 18.1 Å². The van der Waals surface area contributed by atoms with Crippen molar-refractivity contribution in [1.29, 1.82) is 0 Å². The molecule has 1 aromatic rings. The van der Waals surface area contributed by atoms with Crippen LogP contribution >= 0.6 is 15.9 Å². The van der Waals surface area contributed by atoms with E-state index in [-0.39, 0.29) is 28.3 Å². The van der Waals surface area contributed by atoms with Crippen molar-refractivity contribution in [1.82, 2.24) is 0 Å². The number of sulfone groups is 1. The molecule has 0 aliphatic rings. The molecule has 1 aromatic carbocycles. The van der Waals surface area contributed by atoms with Crippen LogP contribution in [0.1, 0.15) is 6.92 Å². The normalized spacial score (nSPS) is 12.2. The molecule has 9 heteroatoms. The molecule has 0 atom stereocenters. The zero-order chi connectivity index (χ0) is 15.4. The summed E-state index contributed by atoms with van der Waals surface area (Å²) in [6, 6.07) is 3.63. The molecule has 0 aliphatic carbocycles. The Morgan fingerprint density at radius 3 is 2.45 bits per heavy atom. The Kier molecular flexibility index (Phi) is 5.69. The van der Waals surface area contributed by atoms with E-state index in [0.717, 1.165) is 6.07 Å². The van der Waals surface area contributed by atoms with Gasteiger partial charge in [-0.1, -0.05) is 6.92 Å². The summed E-state index contributed by atoms with van der Waals surface area (Å²) in [6.07, 6.45) is -4.78. The molecule has 4 nitrogen and oxygen atoms in total. The summed E-state index contributed by atoms with van der Waals surface area (Å²) < 4.78 is 67.6. The second-order valence-corrected chi connectivity index (χ2v) is 7.05. The minimum atomic E-state index is -4.78. The highest BCUT2D eigenvalue weighted by Gasteiger charge is 2.31. The van der Waals surface area contributed by atoms with Crippen LogP contribution in [0.3, 0.4) is 0 Å². The van der Waals surface area contributed by atoms with Crippen molar-refractivity contribution in [3.8, 4) is 11.5 Å². The van der Waals surface area contributed by atoms with Gasteiger partial charge in [0, 0.05) is 5.75 Å². The summed E-state index contributed by atoms with van der Waals surface area (Å²) in [6.45, 7) is 1.46. The van der Waals surface area contributed by atoms with E-state index in [0.29, 0.717) is 0 Å². The van der Waals surface area contributed by atoms with Crippen molar-refractivity contribution in [2.45, 2.75) is 13.3 Å². The number of benzene rings is 1. The van der Waals surface area contributed by atoms with Crippen LogP contribution in [0, 0.1) is 0 Å². The van der Waals surface area contributed by atoms with Crippen molar-refractivity contribution in [3.63, 3.8) is 0 Å². The predicted octanol–water partition coefficient (Wildman–Crippen LogP) is 3.16. The zero-order valence-corrected chi connectivity index (χ0v) is 12.8. The van der Waals surface area contributed by atoms with E-state index in [1.807, 2.05) is 0 Å². The van der Waals surface area contributed by atoms with Crippen molar-refractivity contribution in [3.05, 3.63) is 22.7 Å². The van der Waals surface area contributed by atoms with Crippen LogP contribution in [0.25, 0.3) is 0 Å². The van der Waals surface area contributed by atoms with Crippen LogP contribution in [-0.4, -0.2) is 32.9 Å². The average Bonchev–Trinajstić information content (AvgIpc) is 2.31. The van der Waals surface area contributed by atoms with Crippen LogP contribution in [0.4, 0.5) is 13.2 Å². The van der Waals surface area contributed by atoms with E-state index >= 15 is 0 Å². The molecule has 20 heavy (non-hydrogen) atoms. The van der Waals surface area contributed by atoms with Crippen molar-refractivity contribution in [2.75, 3.05) is 18.1 Å². The fourth-order valence-electron chi connectivity index (χ4n) is 1.21. The van der Waals surface area contributed by atoms with E-state index in [1.165, 1.54) is 19.1 Å². The first kappa shape index (κ1) is 17.1. The van der Waals surface area contributed by atoms with Gasteiger partial charge in [0.05, 0.1) is 10.2 Å². The van der Waals surface area contributed by atoms with Crippen LogP contribution in [0.2, 0.25) is 0 Å². The molecule has 0 saturated heterocycles. The van der Waals surface area contributed by atoms with Crippen LogP contribution in [0.5, 0.6) is 11.5 Å². The maximum absolute atomic E-state index is 12.1. The zero-order valence-electron chi connectivity index (χ0n) is 10.4. The first-order chi connectivity index (χ1) is 9.13. The van der Waals surface area contributed by atoms with Crippen LogP contribution in [-0.2, 0) is 9.84 Å². The van der Waals surface area contributed by atoms with Crippen LogP contribution < -0.4 is 9.47 Å². The Bertz CT molecular complexity index is 557. The monoisotopic (exact) mass is 376 g/mol. The SMILES string of the molecule is CCS(=O)(=O)CCOc1ccc(OC(F)(F)F)c(Br)c1. The predicted molar refractivity (Wildman–Crippen MR) is 70.6 cm³/mol. The lowest BCUT2D eigenvalue weighted by Gasteiger charge is -2.12. The third kappa shape index (κ3) is 6.00. The Labute approximate surface area is 122 Å². The molecule has 0 heterocycles. The molecule has 0 amide bonds. The fraction of sp³-hybridized carbons (Fsp3) is 0.455. The van der Waals surface area contributed by atoms with Crippen molar-refractivity contribution in [2.24, 2.45) is 0 Å². The summed E-state index contributed by atoms with van der Waals surface area (Å²) in [5.41, 5.74) is 0. The quantitative estimate of drug-likeness (QED) is 0.765. The van der Waals surface area contributed by atoms with Gasteiger partial charge in [-0.3, -0.25) is 0 Å². The van der Waals surface area contributed by atoms with E-state index in [2.05, 4.69) is 20.7 Å². The van der Waals surface area contributed by atoms with Crippen molar-refractivity contribution >= 4 is 25.8 Å². The lowest BCUT2D eigenvalue weighted by Crippen LogP contribution is -2.17. The molecule has 0 fully saturated rings. The maximum atomic E-state index is 12.1. The number of ether oxygens (including phenoxy) is 2. The Morgan fingerprint density at radius 2 is 1.95 bits per heavy atom. The average molecular weight is 377 g/mol. The smallest absolute Gasteiger partial charge is 0.492 e. The third-order valence-corrected chi connectivity index (χ3v) is 4.52. The van der Waals surface area contributed by atoms with Gasteiger partial charge in [0.2, 0.25) is 0 Å². The van der Waals surface area contributed by atoms with E-state index in [9.17, 15) is 21.6 Å². The highest BCUT2D eigenvalue weighted by Crippen LogP contribution is 2.33. The first-order valence-corrected chi connectivity index (χ1v) is 8.13. The number of halogens is 4. The highest BCUT2D eigenvalue weighted by molar-refractivity contribution is 9.10. The summed E-state index contributed by atoms with van der Waals surface area (Å²) in [5.74, 6) is -0.288. The first-order valence-electron chi connectivity index (χ1n) is 5.51. The minimum absolute atomic E-state index is 0.0123. The lowest BCUT2D eigenvalue weighted by molar-refractivity contribution is -0.274. The highest BCUT2D eigenvalue weighted by atomic mass is 79.9. The Hall–Kier alpha value is -0.960. The van der Waals surface area contributed by atoms with Crippen molar-refractivity contribution < 1.29 is 31.1 Å².